The summed E-state index contributed by atoms with van der Waals surface area (Å²) in [6, 6.07) is 21.0. The Morgan fingerprint density at radius 3 is 2.29 bits per heavy atom. The summed E-state index contributed by atoms with van der Waals surface area (Å²) in [5.74, 6) is -0.0648. The summed E-state index contributed by atoms with van der Waals surface area (Å²) in [5, 5.41) is 6.46. The predicted molar refractivity (Wildman–Crippen MR) is 140 cm³/mol. The van der Waals surface area contributed by atoms with E-state index in [1.807, 2.05) is 48.5 Å². The summed E-state index contributed by atoms with van der Waals surface area (Å²) < 4.78 is 12.3. The molecule has 0 saturated heterocycles. The molecular formula is C27H28BrN3O4. The number of amides is 2. The minimum atomic E-state index is -0.846. The first kappa shape index (κ1) is 26.0. The van der Waals surface area contributed by atoms with E-state index in [1.165, 1.54) is 11.8 Å². The van der Waals surface area contributed by atoms with Crippen molar-refractivity contribution in [3.63, 3.8) is 0 Å². The van der Waals surface area contributed by atoms with Gasteiger partial charge in [-0.05, 0) is 58.5 Å². The molecule has 182 valence electrons. The zero-order valence-electron chi connectivity index (χ0n) is 19.9. The zero-order chi connectivity index (χ0) is 25.2. The number of benzene rings is 3. The Kier molecular flexibility index (Phi) is 9.43. The Morgan fingerprint density at radius 1 is 0.943 bits per heavy atom. The smallest absolute Gasteiger partial charge is 0.329 e. The summed E-state index contributed by atoms with van der Waals surface area (Å²) in [6.45, 7) is 4.88. The molecule has 8 heteroatoms. The van der Waals surface area contributed by atoms with Crippen LogP contribution >= 0.6 is 15.9 Å². The molecule has 2 amide bonds. The van der Waals surface area contributed by atoms with Gasteiger partial charge in [0.1, 0.15) is 6.61 Å². The van der Waals surface area contributed by atoms with Gasteiger partial charge in [-0.3, -0.25) is 9.59 Å². The molecule has 0 aliphatic carbocycles. The molecule has 0 spiro atoms. The van der Waals surface area contributed by atoms with Gasteiger partial charge in [-0.15, -0.1) is 0 Å². The van der Waals surface area contributed by atoms with Crippen LogP contribution in [0.15, 0.2) is 76.3 Å². The highest BCUT2D eigenvalue weighted by Crippen LogP contribution is 2.28. The van der Waals surface area contributed by atoms with E-state index in [-0.39, 0.29) is 6.54 Å². The fourth-order valence-electron chi connectivity index (χ4n) is 3.12. The Bertz CT molecular complexity index is 1180. The number of carbonyl (C=O) groups excluding carboxylic acids is 2. The number of hydrogen-bond donors (Lipinski definition) is 2. The topological polar surface area (TPSA) is 89.0 Å². The Morgan fingerprint density at radius 2 is 1.63 bits per heavy atom. The molecule has 2 N–H and O–H groups in total. The largest absolute Gasteiger partial charge is 0.493 e. The molecule has 3 aromatic carbocycles. The highest BCUT2D eigenvalue weighted by molar-refractivity contribution is 9.10. The van der Waals surface area contributed by atoms with Gasteiger partial charge in [0.05, 0.1) is 13.3 Å². The minimum absolute atomic E-state index is 0.257. The van der Waals surface area contributed by atoms with Crippen LogP contribution in [0.25, 0.3) is 0 Å². The number of nitrogens with zero attached hydrogens (tertiary/aromatic N) is 1. The molecule has 0 saturated carbocycles. The monoisotopic (exact) mass is 537 g/mol. The highest BCUT2D eigenvalue weighted by Gasteiger charge is 2.12. The van der Waals surface area contributed by atoms with Crippen LogP contribution in [0.5, 0.6) is 11.5 Å². The number of halogens is 1. The van der Waals surface area contributed by atoms with Crippen LogP contribution < -0.4 is 20.2 Å². The Balaban J connectivity index is 1.49. The Hall–Kier alpha value is -3.65. The second-order valence-electron chi connectivity index (χ2n) is 8.10. The summed E-state index contributed by atoms with van der Waals surface area (Å²) in [5.41, 5.74) is 6.06. The van der Waals surface area contributed by atoms with Crippen LogP contribution in [0, 0.1) is 0 Å². The van der Waals surface area contributed by atoms with Crippen molar-refractivity contribution in [3.8, 4) is 11.5 Å². The third kappa shape index (κ3) is 7.96. The lowest BCUT2D eigenvalue weighted by Crippen LogP contribution is -2.37. The standard InChI is InChI=1S/C27H28BrN3O4/c1-18(2)22-9-4-19(5-10-22)15-29-26(32)27(33)31-30-16-21-8-13-24(25(14-21)34-3)35-17-20-6-11-23(28)12-7-20/h4-14,16,18H,15,17H2,1-3H3,(H,29,32)(H,31,33)/b30-16-. The third-order valence-corrected chi connectivity index (χ3v) is 5.71. The van der Waals surface area contributed by atoms with E-state index in [0.29, 0.717) is 29.6 Å². The van der Waals surface area contributed by atoms with E-state index < -0.39 is 11.8 Å². The van der Waals surface area contributed by atoms with E-state index in [2.05, 4.69) is 45.6 Å². The number of methoxy groups -OCH3 is 1. The molecule has 0 heterocycles. The molecule has 0 atom stereocenters. The maximum Gasteiger partial charge on any atom is 0.329 e. The number of hydrogen-bond acceptors (Lipinski definition) is 5. The van der Waals surface area contributed by atoms with Gasteiger partial charge >= 0.3 is 11.8 Å². The second-order valence-corrected chi connectivity index (χ2v) is 9.02. The van der Waals surface area contributed by atoms with Gasteiger partial charge in [0.2, 0.25) is 0 Å². The van der Waals surface area contributed by atoms with E-state index in [9.17, 15) is 9.59 Å². The van der Waals surface area contributed by atoms with Gasteiger partial charge in [-0.2, -0.15) is 5.10 Å². The summed E-state index contributed by atoms with van der Waals surface area (Å²) in [4.78, 5) is 24.1. The molecule has 0 aliphatic heterocycles. The molecule has 0 radical (unpaired) electrons. The van der Waals surface area contributed by atoms with E-state index in [1.54, 1.807) is 25.3 Å². The van der Waals surface area contributed by atoms with Crippen molar-refractivity contribution in [3.05, 3.63) is 93.5 Å². The number of carbonyl (C=O) groups is 2. The first-order chi connectivity index (χ1) is 16.9. The molecule has 0 bridgehead atoms. The fraction of sp³-hybridized carbons (Fsp3) is 0.222. The van der Waals surface area contributed by atoms with Gasteiger partial charge in [-0.1, -0.05) is 66.2 Å². The fourth-order valence-corrected chi connectivity index (χ4v) is 3.39. The summed E-state index contributed by atoms with van der Waals surface area (Å²) in [7, 11) is 1.55. The predicted octanol–water partition coefficient (Wildman–Crippen LogP) is 4.93. The van der Waals surface area contributed by atoms with Gasteiger partial charge in [-0.25, -0.2) is 5.43 Å². The van der Waals surface area contributed by atoms with Crippen molar-refractivity contribution in [2.45, 2.75) is 32.9 Å². The lowest BCUT2D eigenvalue weighted by atomic mass is 10.0. The maximum atomic E-state index is 12.1. The van der Waals surface area contributed by atoms with Crippen molar-refractivity contribution in [1.29, 1.82) is 0 Å². The average Bonchev–Trinajstić information content (AvgIpc) is 2.87. The molecule has 0 aliphatic rings. The first-order valence-electron chi connectivity index (χ1n) is 11.1. The molecule has 0 aromatic heterocycles. The lowest BCUT2D eigenvalue weighted by Gasteiger charge is -2.11. The Labute approximate surface area is 213 Å². The molecule has 7 nitrogen and oxygen atoms in total. The van der Waals surface area contributed by atoms with E-state index in [4.69, 9.17) is 9.47 Å². The SMILES string of the molecule is COc1cc(/C=N\NC(=O)C(=O)NCc2ccc(C(C)C)cc2)ccc1OCc1ccc(Br)cc1. The van der Waals surface area contributed by atoms with Crippen molar-refractivity contribution < 1.29 is 19.1 Å². The van der Waals surface area contributed by atoms with Crippen LogP contribution in [0.1, 0.15) is 42.0 Å². The zero-order valence-corrected chi connectivity index (χ0v) is 21.5. The van der Waals surface area contributed by atoms with Crippen LogP contribution in [-0.2, 0) is 22.7 Å². The van der Waals surface area contributed by atoms with Crippen molar-refractivity contribution in [1.82, 2.24) is 10.7 Å². The van der Waals surface area contributed by atoms with Crippen molar-refractivity contribution in [2.75, 3.05) is 7.11 Å². The van der Waals surface area contributed by atoms with Crippen LogP contribution in [-0.4, -0.2) is 25.1 Å². The highest BCUT2D eigenvalue weighted by atomic mass is 79.9. The number of ether oxygens (including phenoxy) is 2. The number of nitrogens with one attached hydrogen (secondary N) is 2. The molecule has 35 heavy (non-hydrogen) atoms. The van der Waals surface area contributed by atoms with Gasteiger partial charge in [0.15, 0.2) is 11.5 Å². The van der Waals surface area contributed by atoms with Crippen molar-refractivity contribution in [2.24, 2.45) is 5.10 Å². The van der Waals surface area contributed by atoms with Crippen LogP contribution in [0.4, 0.5) is 0 Å². The normalized spacial score (nSPS) is 10.9. The lowest BCUT2D eigenvalue weighted by molar-refractivity contribution is -0.139. The molecule has 0 fully saturated rings. The van der Waals surface area contributed by atoms with Gasteiger partial charge in [0, 0.05) is 11.0 Å². The van der Waals surface area contributed by atoms with Crippen LogP contribution in [0.2, 0.25) is 0 Å². The van der Waals surface area contributed by atoms with Gasteiger partial charge < -0.3 is 14.8 Å². The van der Waals surface area contributed by atoms with Crippen molar-refractivity contribution >= 4 is 34.0 Å². The maximum absolute atomic E-state index is 12.1. The molecule has 3 rings (SSSR count). The third-order valence-electron chi connectivity index (χ3n) is 5.18. The summed E-state index contributed by atoms with van der Waals surface area (Å²) >= 11 is 3.41. The second kappa shape index (κ2) is 12.7. The summed E-state index contributed by atoms with van der Waals surface area (Å²) in [6.07, 6.45) is 1.43. The van der Waals surface area contributed by atoms with Crippen LogP contribution in [0.3, 0.4) is 0 Å². The average molecular weight is 538 g/mol. The van der Waals surface area contributed by atoms with E-state index in [0.717, 1.165) is 15.6 Å². The minimum Gasteiger partial charge on any atom is -0.493 e. The first-order valence-corrected chi connectivity index (χ1v) is 11.9. The molecular weight excluding hydrogens is 510 g/mol. The van der Waals surface area contributed by atoms with Gasteiger partial charge in [0.25, 0.3) is 0 Å². The quantitative estimate of drug-likeness (QED) is 0.230. The number of rotatable bonds is 9. The van der Waals surface area contributed by atoms with E-state index >= 15 is 0 Å². The molecule has 0 unspecified atom stereocenters. The number of hydrazone groups is 1. The molecule has 3 aromatic rings.